The number of aromatic nitrogens is 2. The number of esters is 2. The molecular formula is C23H27N3O6S. The van der Waals surface area contributed by atoms with Crippen LogP contribution in [-0.4, -0.2) is 58.5 Å². The van der Waals surface area contributed by atoms with E-state index in [0.29, 0.717) is 35.3 Å². The van der Waals surface area contributed by atoms with Crippen molar-refractivity contribution in [3.05, 3.63) is 51.4 Å². The molecule has 1 aliphatic rings. The molecule has 1 aliphatic heterocycles. The zero-order valence-corrected chi connectivity index (χ0v) is 19.6. The number of fused-ring (bicyclic) bond motifs is 1. The summed E-state index contributed by atoms with van der Waals surface area (Å²) in [6.45, 7) is 2.86. The first-order valence-corrected chi connectivity index (χ1v) is 11.8. The number of ether oxygens (including phenoxy) is 2. The Morgan fingerprint density at radius 2 is 1.88 bits per heavy atom. The van der Waals surface area contributed by atoms with E-state index in [0.717, 1.165) is 19.3 Å². The van der Waals surface area contributed by atoms with Crippen LogP contribution >= 0.6 is 11.8 Å². The quantitative estimate of drug-likeness (QED) is 0.294. The maximum Gasteiger partial charge on any atom is 0.359 e. The molecule has 1 saturated heterocycles. The largest absolute Gasteiger partial charge is 0.466 e. The SMILES string of the molecule is CCCCCn1nc(C(=O)OCCCN2C(=O)CS/C2=C\C(=O)OC)c2ccccc2c1=O. The summed E-state index contributed by atoms with van der Waals surface area (Å²) in [6, 6.07) is 6.85. The highest BCUT2D eigenvalue weighted by atomic mass is 32.2. The van der Waals surface area contributed by atoms with E-state index in [-0.39, 0.29) is 29.5 Å². The maximum absolute atomic E-state index is 12.8. The molecule has 33 heavy (non-hydrogen) atoms. The minimum Gasteiger partial charge on any atom is -0.466 e. The highest BCUT2D eigenvalue weighted by Crippen LogP contribution is 2.28. The van der Waals surface area contributed by atoms with Crippen LogP contribution < -0.4 is 5.56 Å². The van der Waals surface area contributed by atoms with E-state index in [2.05, 4.69) is 16.8 Å². The lowest BCUT2D eigenvalue weighted by Crippen LogP contribution is -2.28. The lowest BCUT2D eigenvalue weighted by molar-refractivity contribution is -0.134. The fourth-order valence-electron chi connectivity index (χ4n) is 3.43. The van der Waals surface area contributed by atoms with Gasteiger partial charge in [-0.3, -0.25) is 9.59 Å². The summed E-state index contributed by atoms with van der Waals surface area (Å²) in [6.07, 6.45) is 4.41. The van der Waals surface area contributed by atoms with Gasteiger partial charge in [-0.1, -0.05) is 49.7 Å². The van der Waals surface area contributed by atoms with Crippen molar-refractivity contribution in [1.82, 2.24) is 14.7 Å². The Kier molecular flexibility index (Phi) is 8.65. The number of methoxy groups -OCH3 is 1. The van der Waals surface area contributed by atoms with Crippen LogP contribution in [0.3, 0.4) is 0 Å². The monoisotopic (exact) mass is 473 g/mol. The van der Waals surface area contributed by atoms with Crippen molar-refractivity contribution >= 4 is 40.4 Å². The number of carbonyl (C=O) groups excluding carboxylic acids is 3. The van der Waals surface area contributed by atoms with Crippen LogP contribution in [0, 0.1) is 0 Å². The van der Waals surface area contributed by atoms with Gasteiger partial charge in [0.2, 0.25) is 5.91 Å². The van der Waals surface area contributed by atoms with Gasteiger partial charge in [-0.15, -0.1) is 0 Å². The lowest BCUT2D eigenvalue weighted by Gasteiger charge is -2.16. The first kappa shape index (κ1) is 24.5. The molecule has 0 bridgehead atoms. The molecule has 0 unspecified atom stereocenters. The Hall–Kier alpha value is -3.14. The first-order chi connectivity index (χ1) is 16.0. The average Bonchev–Trinajstić information content (AvgIpc) is 3.16. The Balaban J connectivity index is 1.68. The predicted octanol–water partition coefficient (Wildman–Crippen LogP) is 2.72. The molecule has 1 amide bonds. The third-order valence-electron chi connectivity index (χ3n) is 5.15. The number of hydrogen-bond donors (Lipinski definition) is 0. The molecule has 1 fully saturated rings. The van der Waals surface area contributed by atoms with Crippen molar-refractivity contribution in [2.45, 2.75) is 39.2 Å². The number of hydrogen-bond acceptors (Lipinski definition) is 8. The van der Waals surface area contributed by atoms with Crippen LogP contribution in [0.1, 0.15) is 43.1 Å². The second-order valence-electron chi connectivity index (χ2n) is 7.46. The van der Waals surface area contributed by atoms with Crippen molar-refractivity contribution in [3.8, 4) is 0 Å². The van der Waals surface area contributed by atoms with Crippen molar-refractivity contribution in [3.63, 3.8) is 0 Å². The number of amides is 1. The van der Waals surface area contributed by atoms with E-state index < -0.39 is 11.9 Å². The van der Waals surface area contributed by atoms with Crippen LogP contribution in [0.25, 0.3) is 10.8 Å². The van der Waals surface area contributed by atoms with Gasteiger partial charge >= 0.3 is 11.9 Å². The smallest absolute Gasteiger partial charge is 0.359 e. The molecule has 1 aromatic heterocycles. The lowest BCUT2D eigenvalue weighted by atomic mass is 10.1. The number of carbonyl (C=O) groups is 3. The van der Waals surface area contributed by atoms with Gasteiger partial charge in [0.15, 0.2) is 5.69 Å². The highest BCUT2D eigenvalue weighted by molar-refractivity contribution is 8.04. The second-order valence-corrected chi connectivity index (χ2v) is 8.45. The summed E-state index contributed by atoms with van der Waals surface area (Å²) in [5, 5.41) is 5.69. The normalized spacial score (nSPS) is 14.8. The summed E-state index contributed by atoms with van der Waals surface area (Å²) < 4.78 is 11.4. The molecule has 0 spiro atoms. The van der Waals surface area contributed by atoms with Crippen molar-refractivity contribution in [2.75, 3.05) is 26.0 Å². The standard InChI is InChI=1S/C23H27N3O6S/c1-3-4-7-12-26-22(29)17-10-6-5-9-16(17)21(24-26)23(30)32-13-8-11-25-18(27)15-33-19(25)14-20(28)31-2/h5-6,9-10,14H,3-4,7-8,11-13,15H2,1-2H3/b19-14-. The first-order valence-electron chi connectivity index (χ1n) is 10.9. The summed E-state index contributed by atoms with van der Waals surface area (Å²) >= 11 is 1.26. The zero-order chi connectivity index (χ0) is 23.8. The molecule has 0 aliphatic carbocycles. The summed E-state index contributed by atoms with van der Waals surface area (Å²) in [4.78, 5) is 50.6. The number of unbranched alkanes of at least 4 members (excludes halogenated alkanes) is 2. The fraction of sp³-hybridized carbons (Fsp3) is 0.435. The van der Waals surface area contributed by atoms with E-state index in [9.17, 15) is 19.2 Å². The molecule has 2 aromatic rings. The number of thioether (sulfide) groups is 1. The Morgan fingerprint density at radius 1 is 1.12 bits per heavy atom. The number of aryl methyl sites for hydroxylation is 1. The molecule has 0 N–H and O–H groups in total. The maximum atomic E-state index is 12.8. The second kappa shape index (κ2) is 11.6. The van der Waals surface area contributed by atoms with Crippen molar-refractivity contribution in [1.29, 1.82) is 0 Å². The summed E-state index contributed by atoms with van der Waals surface area (Å²) in [7, 11) is 1.27. The van der Waals surface area contributed by atoms with Crippen LogP contribution in [0.5, 0.6) is 0 Å². The van der Waals surface area contributed by atoms with Crippen LogP contribution in [0.2, 0.25) is 0 Å². The molecule has 0 atom stereocenters. The van der Waals surface area contributed by atoms with Gasteiger partial charge in [-0.2, -0.15) is 5.10 Å². The van der Waals surface area contributed by atoms with Gasteiger partial charge in [-0.25, -0.2) is 14.3 Å². The highest BCUT2D eigenvalue weighted by Gasteiger charge is 2.27. The van der Waals surface area contributed by atoms with E-state index in [4.69, 9.17) is 4.74 Å². The molecule has 0 saturated carbocycles. The molecule has 9 nitrogen and oxygen atoms in total. The van der Waals surface area contributed by atoms with E-state index in [1.54, 1.807) is 24.3 Å². The summed E-state index contributed by atoms with van der Waals surface area (Å²) in [5.41, 5.74) is -0.131. The molecule has 1 aromatic carbocycles. The van der Waals surface area contributed by atoms with Crippen molar-refractivity contribution in [2.24, 2.45) is 0 Å². The number of nitrogens with zero attached hydrogens (tertiary/aromatic N) is 3. The van der Waals surface area contributed by atoms with Gasteiger partial charge in [-0.05, 0) is 18.9 Å². The van der Waals surface area contributed by atoms with Gasteiger partial charge < -0.3 is 14.4 Å². The molecule has 10 heteroatoms. The minimum atomic E-state index is -0.622. The Labute approximate surface area is 195 Å². The molecule has 0 radical (unpaired) electrons. The Morgan fingerprint density at radius 3 is 2.61 bits per heavy atom. The van der Waals surface area contributed by atoms with Crippen LogP contribution in [0.4, 0.5) is 0 Å². The van der Waals surface area contributed by atoms with Gasteiger partial charge in [0, 0.05) is 18.5 Å². The van der Waals surface area contributed by atoms with Gasteiger partial charge in [0.25, 0.3) is 5.56 Å². The zero-order valence-electron chi connectivity index (χ0n) is 18.7. The predicted molar refractivity (Wildman–Crippen MR) is 125 cm³/mol. The number of benzene rings is 1. The van der Waals surface area contributed by atoms with Crippen LogP contribution in [-0.2, 0) is 25.6 Å². The number of rotatable bonds is 10. The topological polar surface area (TPSA) is 108 Å². The van der Waals surface area contributed by atoms with E-state index in [1.807, 2.05) is 0 Å². The fourth-order valence-corrected chi connectivity index (χ4v) is 4.39. The molecule has 2 heterocycles. The Bertz CT molecular complexity index is 1130. The molecule has 176 valence electrons. The van der Waals surface area contributed by atoms with Gasteiger partial charge in [0.1, 0.15) is 0 Å². The molecular weight excluding hydrogens is 446 g/mol. The van der Waals surface area contributed by atoms with Gasteiger partial charge in [0.05, 0.1) is 36.0 Å². The minimum absolute atomic E-state index is 0.0593. The van der Waals surface area contributed by atoms with E-state index in [1.165, 1.54) is 34.5 Å². The average molecular weight is 474 g/mol. The van der Waals surface area contributed by atoms with Crippen LogP contribution in [0.15, 0.2) is 40.2 Å². The molecule has 3 rings (SSSR count). The van der Waals surface area contributed by atoms with Crippen molar-refractivity contribution < 1.29 is 23.9 Å². The summed E-state index contributed by atoms with van der Waals surface area (Å²) in [5.74, 6) is -1.02. The third-order valence-corrected chi connectivity index (χ3v) is 6.17. The van der Waals surface area contributed by atoms with E-state index >= 15 is 0 Å². The third kappa shape index (κ3) is 6.01.